The Morgan fingerprint density at radius 3 is 3.07 bits per heavy atom. The summed E-state index contributed by atoms with van der Waals surface area (Å²) in [6.07, 6.45) is -0.0855. The van der Waals surface area contributed by atoms with Crippen molar-refractivity contribution in [1.82, 2.24) is 10.2 Å². The van der Waals surface area contributed by atoms with Gasteiger partial charge in [-0.2, -0.15) is 5.10 Å². The molecule has 1 aromatic heterocycles. The molecule has 0 saturated heterocycles. The number of rotatable bonds is 4. The van der Waals surface area contributed by atoms with Gasteiger partial charge < -0.3 is 16.2 Å². The Morgan fingerprint density at radius 1 is 1.80 bits per heavy atom. The lowest BCUT2D eigenvalue weighted by molar-refractivity contribution is -0.125. The van der Waals surface area contributed by atoms with E-state index in [0.717, 1.165) is 0 Å². The van der Waals surface area contributed by atoms with Crippen LogP contribution in [0.1, 0.15) is 0 Å². The second kappa shape index (κ2) is 4.76. The molecule has 0 aromatic carbocycles. The average molecular weight is 233 g/mol. The molecule has 7 nitrogen and oxygen atoms in total. The zero-order valence-electron chi connectivity index (χ0n) is 7.53. The molecule has 0 saturated carbocycles. The smallest absolute Gasteiger partial charge is 0.285 e. The average Bonchev–Trinajstić information content (AvgIpc) is 2.19. The molecule has 1 atom stereocenters. The molecule has 15 heavy (non-hydrogen) atoms. The summed E-state index contributed by atoms with van der Waals surface area (Å²) in [4.78, 5) is 21.5. The Labute approximate surface area is 89.2 Å². The number of halogens is 1. The zero-order valence-corrected chi connectivity index (χ0v) is 8.28. The molecule has 0 bridgehead atoms. The van der Waals surface area contributed by atoms with Crippen LogP contribution in [0.15, 0.2) is 11.0 Å². The van der Waals surface area contributed by atoms with Gasteiger partial charge in [-0.3, -0.25) is 9.59 Å². The number of aromatic amines is 1. The number of hydrogen-bond donors (Lipinski definition) is 4. The number of carbonyl (C=O) groups is 1. The van der Waals surface area contributed by atoms with Crippen LogP contribution >= 0.6 is 11.6 Å². The number of nitrogens with two attached hydrogens (primary N) is 1. The van der Waals surface area contributed by atoms with Gasteiger partial charge in [0, 0.05) is 6.54 Å². The van der Waals surface area contributed by atoms with Gasteiger partial charge in [0.15, 0.2) is 0 Å². The Morgan fingerprint density at radius 2 is 2.47 bits per heavy atom. The molecule has 1 amide bonds. The lowest BCUT2D eigenvalue weighted by Crippen LogP contribution is -2.34. The largest absolute Gasteiger partial charge is 0.381 e. The van der Waals surface area contributed by atoms with Gasteiger partial charge in [-0.25, -0.2) is 5.10 Å². The first-order chi connectivity index (χ1) is 7.02. The molecule has 0 aliphatic carbocycles. The molecule has 0 aliphatic heterocycles. The molecule has 8 heteroatoms. The van der Waals surface area contributed by atoms with Crippen LogP contribution in [0.4, 0.5) is 5.69 Å². The molecule has 0 fully saturated rings. The Hall–Kier alpha value is -1.60. The fraction of sp³-hybridized carbons (Fsp3) is 0.286. The summed E-state index contributed by atoms with van der Waals surface area (Å²) in [5, 5.41) is 17.1. The minimum Gasteiger partial charge on any atom is -0.381 e. The molecule has 82 valence electrons. The lowest BCUT2D eigenvalue weighted by atomic mass is 10.3. The minimum absolute atomic E-state index is 0.0957. The van der Waals surface area contributed by atoms with Crippen molar-refractivity contribution in [3.8, 4) is 0 Å². The van der Waals surface area contributed by atoms with Crippen molar-refractivity contribution in [2.45, 2.75) is 6.10 Å². The number of primary amides is 1. The van der Waals surface area contributed by atoms with Gasteiger partial charge in [0.2, 0.25) is 5.91 Å². The fourth-order valence-corrected chi connectivity index (χ4v) is 0.972. The molecule has 1 aromatic rings. The molecule has 0 aliphatic rings. The van der Waals surface area contributed by atoms with Crippen LogP contribution < -0.4 is 16.6 Å². The van der Waals surface area contributed by atoms with E-state index in [4.69, 9.17) is 22.4 Å². The summed E-state index contributed by atoms with van der Waals surface area (Å²) in [6, 6.07) is 0. The number of nitrogens with one attached hydrogen (secondary N) is 2. The predicted molar refractivity (Wildman–Crippen MR) is 53.6 cm³/mol. The van der Waals surface area contributed by atoms with Gasteiger partial charge >= 0.3 is 0 Å². The van der Waals surface area contributed by atoms with E-state index in [1.807, 2.05) is 0 Å². The molecule has 1 unspecified atom stereocenters. The molecule has 1 heterocycles. The third kappa shape index (κ3) is 2.93. The molecular weight excluding hydrogens is 224 g/mol. The topological polar surface area (TPSA) is 121 Å². The van der Waals surface area contributed by atoms with E-state index in [2.05, 4.69) is 15.5 Å². The number of hydrogen-bond acceptors (Lipinski definition) is 5. The minimum atomic E-state index is -1.35. The maximum atomic E-state index is 11.0. The van der Waals surface area contributed by atoms with Gasteiger partial charge in [-0.05, 0) is 0 Å². The van der Waals surface area contributed by atoms with E-state index in [9.17, 15) is 9.59 Å². The highest BCUT2D eigenvalue weighted by Gasteiger charge is 2.11. The maximum Gasteiger partial charge on any atom is 0.285 e. The van der Waals surface area contributed by atoms with E-state index in [1.54, 1.807) is 0 Å². The molecule has 0 spiro atoms. The van der Waals surface area contributed by atoms with Crippen LogP contribution in [0.25, 0.3) is 0 Å². The van der Waals surface area contributed by atoms with Crippen molar-refractivity contribution in [1.29, 1.82) is 0 Å². The van der Waals surface area contributed by atoms with Gasteiger partial charge in [0.05, 0.1) is 11.9 Å². The summed E-state index contributed by atoms with van der Waals surface area (Å²) in [5.41, 5.74) is 4.49. The Balaban J connectivity index is 2.70. The highest BCUT2D eigenvalue weighted by molar-refractivity contribution is 6.32. The maximum absolute atomic E-state index is 11.0. The van der Waals surface area contributed by atoms with Crippen LogP contribution in [0.2, 0.25) is 5.02 Å². The summed E-state index contributed by atoms with van der Waals surface area (Å²) >= 11 is 5.61. The van der Waals surface area contributed by atoms with Gasteiger partial charge in [-0.1, -0.05) is 11.6 Å². The van der Waals surface area contributed by atoms with Crippen LogP contribution in [0.5, 0.6) is 0 Å². The SMILES string of the molecule is NC(=O)C(O)CNc1cn[nH]c(=O)c1Cl. The van der Waals surface area contributed by atoms with Crippen molar-refractivity contribution in [3.05, 3.63) is 21.6 Å². The third-order valence-corrected chi connectivity index (χ3v) is 1.99. The Kier molecular flexibility index (Phi) is 3.64. The predicted octanol–water partition coefficient (Wildman–Crippen LogP) is -1.32. The van der Waals surface area contributed by atoms with Crippen LogP contribution in [-0.4, -0.2) is 33.9 Å². The van der Waals surface area contributed by atoms with Crippen LogP contribution in [-0.2, 0) is 4.79 Å². The van der Waals surface area contributed by atoms with Gasteiger partial charge in [-0.15, -0.1) is 0 Å². The zero-order chi connectivity index (χ0) is 11.4. The molecule has 5 N–H and O–H groups in total. The van der Waals surface area contributed by atoms with E-state index in [-0.39, 0.29) is 17.3 Å². The number of nitrogens with zero attached hydrogens (tertiary/aromatic N) is 1. The number of anilines is 1. The van der Waals surface area contributed by atoms with Crippen molar-refractivity contribution in [3.63, 3.8) is 0 Å². The standard InChI is InChI=1S/C7H9ClN4O3/c8-5-3(1-11-12-7(5)15)10-2-4(13)6(9)14/h1,4,13H,2H2,(H2,9,14)(H2,10,12,15). The monoisotopic (exact) mass is 232 g/mol. The van der Waals surface area contributed by atoms with E-state index in [1.165, 1.54) is 6.20 Å². The number of H-pyrrole nitrogens is 1. The highest BCUT2D eigenvalue weighted by atomic mass is 35.5. The molecular formula is C7H9ClN4O3. The Bertz CT molecular complexity index is 419. The van der Waals surface area contributed by atoms with E-state index < -0.39 is 17.6 Å². The van der Waals surface area contributed by atoms with Crippen molar-refractivity contribution in [2.75, 3.05) is 11.9 Å². The second-order valence-electron chi connectivity index (χ2n) is 2.73. The summed E-state index contributed by atoms with van der Waals surface area (Å²) < 4.78 is 0. The summed E-state index contributed by atoms with van der Waals surface area (Å²) in [6.45, 7) is -0.139. The number of carbonyl (C=O) groups excluding carboxylic acids is 1. The first kappa shape index (κ1) is 11.5. The summed E-state index contributed by atoms with van der Waals surface area (Å²) in [5.74, 6) is -0.864. The van der Waals surface area contributed by atoms with E-state index in [0.29, 0.717) is 0 Å². The van der Waals surface area contributed by atoms with Crippen LogP contribution in [0, 0.1) is 0 Å². The normalized spacial score (nSPS) is 12.1. The third-order valence-electron chi connectivity index (χ3n) is 1.61. The van der Waals surface area contributed by atoms with Gasteiger partial charge in [0.25, 0.3) is 5.56 Å². The van der Waals surface area contributed by atoms with Crippen LogP contribution in [0.3, 0.4) is 0 Å². The fourth-order valence-electron chi connectivity index (χ4n) is 0.814. The highest BCUT2D eigenvalue weighted by Crippen LogP contribution is 2.13. The summed E-state index contributed by atoms with van der Waals surface area (Å²) in [7, 11) is 0. The van der Waals surface area contributed by atoms with Crippen molar-refractivity contribution in [2.24, 2.45) is 5.73 Å². The number of aliphatic hydroxyl groups is 1. The van der Waals surface area contributed by atoms with Crippen molar-refractivity contribution < 1.29 is 9.90 Å². The number of aromatic nitrogens is 2. The number of amides is 1. The first-order valence-corrected chi connectivity index (χ1v) is 4.34. The molecule has 1 rings (SSSR count). The molecule has 0 radical (unpaired) electrons. The first-order valence-electron chi connectivity index (χ1n) is 3.97. The number of aliphatic hydroxyl groups excluding tert-OH is 1. The van der Waals surface area contributed by atoms with E-state index >= 15 is 0 Å². The second-order valence-corrected chi connectivity index (χ2v) is 3.10. The lowest BCUT2D eigenvalue weighted by Gasteiger charge is -2.09. The van der Waals surface area contributed by atoms with Gasteiger partial charge in [0.1, 0.15) is 11.1 Å². The van der Waals surface area contributed by atoms with Crippen molar-refractivity contribution >= 4 is 23.2 Å². The quantitative estimate of drug-likeness (QED) is 0.513.